The van der Waals surface area contributed by atoms with E-state index in [1.807, 2.05) is 0 Å². The summed E-state index contributed by atoms with van der Waals surface area (Å²) in [6.07, 6.45) is -1.87. The number of aliphatic hydroxyl groups is 1. The Morgan fingerprint density at radius 3 is 2.53 bits per heavy atom. The van der Waals surface area contributed by atoms with Crippen LogP contribution in [0.4, 0.5) is 0 Å². The number of methoxy groups -OCH3 is 1. The number of sulfone groups is 1. The molecule has 0 amide bonds. The predicted octanol–water partition coefficient (Wildman–Crippen LogP) is 0.659. The summed E-state index contributed by atoms with van der Waals surface area (Å²) in [5.74, 6) is -1.14. The summed E-state index contributed by atoms with van der Waals surface area (Å²) in [6, 6.07) is 4.26. The smallest absolute Gasteiger partial charge is 0.337 e. The quantitative estimate of drug-likeness (QED) is 0.845. The maximum atomic E-state index is 12.2. The van der Waals surface area contributed by atoms with Gasteiger partial charge in [-0.2, -0.15) is 0 Å². The van der Waals surface area contributed by atoms with Crippen molar-refractivity contribution in [2.45, 2.75) is 17.9 Å². The van der Waals surface area contributed by atoms with Crippen molar-refractivity contribution in [3.8, 4) is 5.75 Å². The monoisotopic (exact) mass is 284 g/mol. The number of hydrogen-bond acceptors (Lipinski definition) is 5. The first-order chi connectivity index (χ1) is 8.80. The fourth-order valence-electron chi connectivity index (χ4n) is 2.04. The Labute approximate surface area is 109 Å². The summed E-state index contributed by atoms with van der Waals surface area (Å²) in [5.41, 5.74) is 0.110. The number of aliphatic carboxylic acids is 1. The molecule has 0 fully saturated rings. The first-order valence-corrected chi connectivity index (χ1v) is 6.84. The lowest BCUT2D eigenvalue weighted by atomic mass is 10.0. The van der Waals surface area contributed by atoms with Crippen LogP contribution in [-0.4, -0.2) is 37.8 Å². The molecule has 1 aliphatic heterocycles. The Morgan fingerprint density at radius 1 is 1.37 bits per heavy atom. The summed E-state index contributed by atoms with van der Waals surface area (Å²) in [6.45, 7) is 1.28. The molecule has 6 nitrogen and oxygen atoms in total. The molecule has 2 rings (SSSR count). The molecule has 1 aromatic rings. The van der Waals surface area contributed by atoms with Gasteiger partial charge in [-0.05, 0) is 25.1 Å². The van der Waals surface area contributed by atoms with Crippen molar-refractivity contribution < 1.29 is 28.2 Å². The molecule has 19 heavy (non-hydrogen) atoms. The number of aliphatic hydroxyl groups excluding tert-OH is 1. The van der Waals surface area contributed by atoms with Gasteiger partial charge in [-0.15, -0.1) is 0 Å². The highest BCUT2D eigenvalue weighted by Gasteiger charge is 2.38. The normalized spacial score (nSPS) is 18.1. The van der Waals surface area contributed by atoms with Crippen LogP contribution in [0.2, 0.25) is 0 Å². The molecule has 0 saturated heterocycles. The first-order valence-electron chi connectivity index (χ1n) is 5.36. The standard InChI is InChI=1S/C12H12O6S/c1-6-10(11(13)12(14)15)8-4-3-7(18-2)5-9(8)19(6,16)17/h3-5,11,13H,1-2H3,(H,14,15). The Balaban J connectivity index is 2.73. The Morgan fingerprint density at radius 2 is 2.00 bits per heavy atom. The minimum absolute atomic E-state index is 0.0420. The Hall–Kier alpha value is -1.86. The summed E-state index contributed by atoms with van der Waals surface area (Å²) >= 11 is 0. The molecule has 1 aromatic carbocycles. The molecule has 0 spiro atoms. The molecule has 0 aliphatic carbocycles. The van der Waals surface area contributed by atoms with Crippen molar-refractivity contribution in [1.29, 1.82) is 0 Å². The van der Waals surface area contributed by atoms with Gasteiger partial charge in [0.1, 0.15) is 5.75 Å². The topological polar surface area (TPSA) is 101 Å². The van der Waals surface area contributed by atoms with Gasteiger partial charge in [0.15, 0.2) is 6.10 Å². The zero-order valence-electron chi connectivity index (χ0n) is 10.2. The number of carboxylic acid groups (broad SMARTS) is 1. The Kier molecular flexibility index (Phi) is 3.11. The van der Waals surface area contributed by atoms with E-state index < -0.39 is 21.9 Å². The molecule has 2 N–H and O–H groups in total. The van der Waals surface area contributed by atoms with Gasteiger partial charge >= 0.3 is 5.97 Å². The van der Waals surface area contributed by atoms with Gasteiger partial charge < -0.3 is 14.9 Å². The number of carboxylic acids is 1. The molecular formula is C12H12O6S. The molecule has 0 radical (unpaired) electrons. The van der Waals surface area contributed by atoms with E-state index in [-0.39, 0.29) is 20.9 Å². The van der Waals surface area contributed by atoms with Gasteiger partial charge in [-0.3, -0.25) is 0 Å². The van der Waals surface area contributed by atoms with E-state index in [1.54, 1.807) is 0 Å². The van der Waals surface area contributed by atoms with Gasteiger partial charge in [-0.1, -0.05) is 0 Å². The minimum Gasteiger partial charge on any atom is -0.497 e. The molecule has 0 aromatic heterocycles. The van der Waals surface area contributed by atoms with Crippen LogP contribution in [-0.2, 0) is 14.6 Å². The summed E-state index contributed by atoms with van der Waals surface area (Å²) in [7, 11) is -2.37. The van der Waals surface area contributed by atoms with Crippen LogP contribution in [0.3, 0.4) is 0 Å². The summed E-state index contributed by atoms with van der Waals surface area (Å²) in [5, 5.41) is 18.5. The summed E-state index contributed by atoms with van der Waals surface area (Å²) in [4.78, 5) is 10.7. The number of ether oxygens (including phenoxy) is 1. The molecular weight excluding hydrogens is 272 g/mol. The van der Waals surface area contributed by atoms with Crippen molar-refractivity contribution in [2.75, 3.05) is 7.11 Å². The zero-order chi connectivity index (χ0) is 14.4. The van der Waals surface area contributed by atoms with Crippen molar-refractivity contribution in [2.24, 2.45) is 0 Å². The fourth-order valence-corrected chi connectivity index (χ4v) is 3.62. The van der Waals surface area contributed by atoms with E-state index >= 15 is 0 Å². The van der Waals surface area contributed by atoms with Gasteiger partial charge in [0, 0.05) is 11.1 Å². The molecule has 1 atom stereocenters. The van der Waals surface area contributed by atoms with Crippen LogP contribution < -0.4 is 4.74 Å². The van der Waals surface area contributed by atoms with Crippen LogP contribution in [0.5, 0.6) is 5.75 Å². The van der Waals surface area contributed by atoms with Crippen molar-refractivity contribution in [3.63, 3.8) is 0 Å². The molecule has 102 valence electrons. The average Bonchev–Trinajstić information content (AvgIpc) is 2.57. The third-order valence-electron chi connectivity index (χ3n) is 3.06. The fraction of sp³-hybridized carbons (Fsp3) is 0.250. The van der Waals surface area contributed by atoms with Crippen molar-refractivity contribution in [3.05, 3.63) is 28.7 Å². The minimum atomic E-state index is -3.77. The second kappa shape index (κ2) is 4.36. The maximum absolute atomic E-state index is 12.2. The highest BCUT2D eigenvalue weighted by Crippen LogP contribution is 2.42. The molecule has 1 heterocycles. The van der Waals surface area contributed by atoms with Crippen LogP contribution in [0.25, 0.3) is 5.57 Å². The number of benzene rings is 1. The number of hydrogen-bond donors (Lipinski definition) is 2. The molecule has 1 unspecified atom stereocenters. The van der Waals surface area contributed by atoms with Crippen LogP contribution in [0.1, 0.15) is 12.5 Å². The number of allylic oxidation sites excluding steroid dienone is 1. The second-order valence-electron chi connectivity index (χ2n) is 4.08. The second-order valence-corrected chi connectivity index (χ2v) is 6.14. The number of rotatable bonds is 3. The number of carbonyl (C=O) groups is 1. The molecule has 1 aliphatic rings. The summed E-state index contributed by atoms with van der Waals surface area (Å²) < 4.78 is 29.3. The number of fused-ring (bicyclic) bond motifs is 1. The van der Waals surface area contributed by atoms with E-state index in [4.69, 9.17) is 9.84 Å². The lowest BCUT2D eigenvalue weighted by Crippen LogP contribution is -2.21. The lowest BCUT2D eigenvalue weighted by Gasteiger charge is -2.09. The zero-order valence-corrected chi connectivity index (χ0v) is 11.1. The first kappa shape index (κ1) is 13.6. The predicted molar refractivity (Wildman–Crippen MR) is 66.4 cm³/mol. The average molecular weight is 284 g/mol. The third-order valence-corrected chi connectivity index (χ3v) is 5.00. The van der Waals surface area contributed by atoms with Gasteiger partial charge in [0.25, 0.3) is 0 Å². The lowest BCUT2D eigenvalue weighted by molar-refractivity contribution is -0.143. The van der Waals surface area contributed by atoms with Gasteiger partial charge in [-0.25, -0.2) is 13.2 Å². The van der Waals surface area contributed by atoms with E-state index in [0.717, 1.165) is 0 Å². The van der Waals surface area contributed by atoms with Crippen LogP contribution in [0, 0.1) is 0 Å². The molecule has 7 heteroatoms. The SMILES string of the molecule is COc1ccc2c(c1)S(=O)(=O)C(C)=C2C(O)C(=O)O. The van der Waals surface area contributed by atoms with E-state index in [1.165, 1.54) is 32.2 Å². The van der Waals surface area contributed by atoms with Gasteiger partial charge in [0.2, 0.25) is 9.84 Å². The van der Waals surface area contributed by atoms with Crippen LogP contribution in [0.15, 0.2) is 28.0 Å². The molecule has 0 saturated carbocycles. The third kappa shape index (κ3) is 1.91. The largest absolute Gasteiger partial charge is 0.497 e. The van der Waals surface area contributed by atoms with Gasteiger partial charge in [0.05, 0.1) is 16.9 Å². The highest BCUT2D eigenvalue weighted by atomic mass is 32.2. The van der Waals surface area contributed by atoms with Crippen molar-refractivity contribution in [1.82, 2.24) is 0 Å². The molecule has 0 bridgehead atoms. The van der Waals surface area contributed by atoms with Crippen molar-refractivity contribution >= 4 is 21.4 Å². The highest BCUT2D eigenvalue weighted by molar-refractivity contribution is 7.95. The van der Waals surface area contributed by atoms with Crippen LogP contribution >= 0.6 is 0 Å². The van der Waals surface area contributed by atoms with E-state index in [2.05, 4.69) is 0 Å². The van der Waals surface area contributed by atoms with E-state index in [9.17, 15) is 18.3 Å². The van der Waals surface area contributed by atoms with E-state index in [0.29, 0.717) is 5.75 Å². The Bertz CT molecular complexity index is 686. The maximum Gasteiger partial charge on any atom is 0.337 e.